The van der Waals surface area contributed by atoms with E-state index in [1.165, 1.54) is 0 Å². The van der Waals surface area contributed by atoms with Crippen molar-refractivity contribution in [2.75, 3.05) is 0 Å². The molecular weight excluding hydrogens is 102 g/mol. The number of hydrogen-bond donors (Lipinski definition) is 1. The molecule has 0 bridgehead atoms. The van der Waals surface area contributed by atoms with Crippen LogP contribution >= 0.6 is 0 Å². The smallest absolute Gasteiger partial charge is 0.216 e. The third-order valence-corrected chi connectivity index (χ3v) is 0.917. The van der Waals surface area contributed by atoms with Gasteiger partial charge in [0.25, 0.3) is 0 Å². The molecular formula is C6H11NO. The molecule has 2 N–H and O–H groups in total. The number of carbonyl (C=O) groups excluding carboxylic acids is 1. The molecule has 2 nitrogen and oxygen atoms in total. The summed E-state index contributed by atoms with van der Waals surface area (Å²) in [4.78, 5) is 9.74. The Hall–Kier alpha value is -0.370. The van der Waals surface area contributed by atoms with E-state index in [1.54, 1.807) is 6.29 Å². The van der Waals surface area contributed by atoms with E-state index in [0.29, 0.717) is 6.42 Å². The minimum atomic E-state index is -0.392. The van der Waals surface area contributed by atoms with Crippen molar-refractivity contribution in [2.24, 2.45) is 5.73 Å². The molecule has 0 aliphatic rings. The Morgan fingerprint density at radius 3 is 2.75 bits per heavy atom. The zero-order valence-electron chi connectivity index (χ0n) is 4.89. The highest BCUT2D eigenvalue weighted by molar-refractivity contribution is 5.57. The van der Waals surface area contributed by atoms with Crippen molar-refractivity contribution in [1.82, 2.24) is 0 Å². The summed E-state index contributed by atoms with van der Waals surface area (Å²) in [6, 6.07) is -0.392. The van der Waals surface area contributed by atoms with Gasteiger partial charge in [0.05, 0.1) is 6.04 Å². The molecule has 0 spiro atoms. The van der Waals surface area contributed by atoms with Crippen LogP contribution < -0.4 is 5.73 Å². The Bertz CT molecular complexity index is 63.5. The predicted octanol–water partition coefficient (Wildman–Crippen LogP) is 0.428. The van der Waals surface area contributed by atoms with Gasteiger partial charge in [-0.3, -0.25) is 4.79 Å². The minimum absolute atomic E-state index is 0.392. The van der Waals surface area contributed by atoms with Gasteiger partial charge in [0.1, 0.15) is 0 Å². The summed E-state index contributed by atoms with van der Waals surface area (Å²) in [7, 11) is 0. The SMILES string of the molecule is [CH2]CCCC(N)[C]=O. The van der Waals surface area contributed by atoms with Crippen molar-refractivity contribution in [3.63, 3.8) is 0 Å². The molecule has 0 aliphatic carbocycles. The molecule has 0 aliphatic heterocycles. The Balaban J connectivity index is 2.98. The lowest BCUT2D eigenvalue weighted by Crippen LogP contribution is -2.20. The van der Waals surface area contributed by atoms with Crippen LogP contribution in [-0.4, -0.2) is 12.3 Å². The monoisotopic (exact) mass is 113 g/mol. The molecule has 0 saturated heterocycles. The van der Waals surface area contributed by atoms with Gasteiger partial charge in [0.15, 0.2) is 0 Å². The largest absolute Gasteiger partial charge is 0.321 e. The summed E-state index contributed by atoms with van der Waals surface area (Å²) in [6.07, 6.45) is 4.17. The first-order chi connectivity index (χ1) is 3.81. The topological polar surface area (TPSA) is 43.1 Å². The average molecular weight is 113 g/mol. The molecule has 8 heavy (non-hydrogen) atoms. The van der Waals surface area contributed by atoms with E-state index < -0.39 is 6.04 Å². The number of unbranched alkanes of at least 4 members (excludes halogenated alkanes) is 1. The summed E-state index contributed by atoms with van der Waals surface area (Å²) in [5, 5.41) is 0. The zero-order valence-corrected chi connectivity index (χ0v) is 4.89. The van der Waals surface area contributed by atoms with Gasteiger partial charge in [-0.15, -0.1) is 0 Å². The Morgan fingerprint density at radius 2 is 2.38 bits per heavy atom. The van der Waals surface area contributed by atoms with E-state index >= 15 is 0 Å². The molecule has 1 atom stereocenters. The van der Waals surface area contributed by atoms with Crippen LogP contribution in [0.3, 0.4) is 0 Å². The predicted molar refractivity (Wildman–Crippen MR) is 32.9 cm³/mol. The van der Waals surface area contributed by atoms with Gasteiger partial charge >= 0.3 is 0 Å². The van der Waals surface area contributed by atoms with E-state index in [0.717, 1.165) is 12.8 Å². The van der Waals surface area contributed by atoms with Crippen molar-refractivity contribution in [3.05, 3.63) is 6.92 Å². The Morgan fingerprint density at radius 1 is 1.75 bits per heavy atom. The maximum atomic E-state index is 9.74. The number of nitrogens with two attached hydrogens (primary N) is 1. The van der Waals surface area contributed by atoms with Gasteiger partial charge in [0, 0.05) is 0 Å². The van der Waals surface area contributed by atoms with E-state index in [1.807, 2.05) is 0 Å². The summed E-state index contributed by atoms with van der Waals surface area (Å²) < 4.78 is 0. The first kappa shape index (κ1) is 7.63. The number of rotatable bonds is 4. The zero-order chi connectivity index (χ0) is 6.41. The molecule has 0 saturated carbocycles. The Kier molecular flexibility index (Phi) is 4.56. The summed E-state index contributed by atoms with van der Waals surface area (Å²) in [5.41, 5.74) is 5.21. The van der Waals surface area contributed by atoms with E-state index in [-0.39, 0.29) is 0 Å². The van der Waals surface area contributed by atoms with Crippen molar-refractivity contribution in [3.8, 4) is 0 Å². The highest BCUT2D eigenvalue weighted by Gasteiger charge is 1.97. The van der Waals surface area contributed by atoms with Crippen molar-refractivity contribution < 1.29 is 4.79 Å². The highest BCUT2D eigenvalue weighted by Crippen LogP contribution is 1.94. The van der Waals surface area contributed by atoms with Gasteiger partial charge in [-0.2, -0.15) is 0 Å². The van der Waals surface area contributed by atoms with Crippen LogP contribution in [0.1, 0.15) is 19.3 Å². The molecule has 0 heterocycles. The minimum Gasteiger partial charge on any atom is -0.321 e. The second kappa shape index (κ2) is 4.78. The van der Waals surface area contributed by atoms with Crippen LogP contribution in [0.5, 0.6) is 0 Å². The molecule has 0 aromatic heterocycles. The van der Waals surface area contributed by atoms with Crippen LogP contribution in [-0.2, 0) is 4.79 Å². The lowest BCUT2D eigenvalue weighted by molar-refractivity contribution is 0.532. The first-order valence-electron chi connectivity index (χ1n) is 2.73. The standard InChI is InChI=1S/C6H11NO/c1-2-3-4-6(7)5-8/h6H,1-4,7H2. The molecule has 0 rings (SSSR count). The summed E-state index contributed by atoms with van der Waals surface area (Å²) >= 11 is 0. The van der Waals surface area contributed by atoms with E-state index in [9.17, 15) is 4.79 Å². The lowest BCUT2D eigenvalue weighted by Gasteiger charge is -1.97. The van der Waals surface area contributed by atoms with Gasteiger partial charge in [-0.1, -0.05) is 19.8 Å². The van der Waals surface area contributed by atoms with Crippen LogP contribution in [0, 0.1) is 6.92 Å². The first-order valence-corrected chi connectivity index (χ1v) is 2.73. The quantitative estimate of drug-likeness (QED) is 0.574. The van der Waals surface area contributed by atoms with Crippen molar-refractivity contribution in [2.45, 2.75) is 25.3 Å². The molecule has 2 heteroatoms. The summed E-state index contributed by atoms with van der Waals surface area (Å²) in [6.45, 7) is 3.61. The van der Waals surface area contributed by atoms with Gasteiger partial charge in [0.2, 0.25) is 6.29 Å². The molecule has 0 aromatic carbocycles. The lowest BCUT2D eigenvalue weighted by atomic mass is 10.1. The molecule has 0 fully saturated rings. The fraction of sp³-hybridized carbons (Fsp3) is 0.667. The maximum absolute atomic E-state index is 9.74. The third kappa shape index (κ3) is 3.81. The maximum Gasteiger partial charge on any atom is 0.216 e. The van der Waals surface area contributed by atoms with Crippen molar-refractivity contribution >= 4 is 6.29 Å². The second-order valence-corrected chi connectivity index (χ2v) is 1.72. The van der Waals surface area contributed by atoms with E-state index in [2.05, 4.69) is 6.92 Å². The average Bonchev–Trinajstić information content (AvgIpc) is 1.83. The third-order valence-electron chi connectivity index (χ3n) is 0.917. The molecule has 46 valence electrons. The van der Waals surface area contributed by atoms with Crippen LogP contribution in [0.4, 0.5) is 0 Å². The highest BCUT2D eigenvalue weighted by atomic mass is 16.1. The van der Waals surface area contributed by atoms with Gasteiger partial charge < -0.3 is 5.73 Å². The van der Waals surface area contributed by atoms with Crippen molar-refractivity contribution in [1.29, 1.82) is 0 Å². The van der Waals surface area contributed by atoms with Gasteiger partial charge in [-0.25, -0.2) is 0 Å². The Labute approximate surface area is 50.1 Å². The molecule has 0 aromatic rings. The fourth-order valence-corrected chi connectivity index (χ4v) is 0.423. The van der Waals surface area contributed by atoms with E-state index in [4.69, 9.17) is 5.73 Å². The van der Waals surface area contributed by atoms with Crippen LogP contribution in [0.2, 0.25) is 0 Å². The molecule has 2 radical (unpaired) electrons. The molecule has 0 amide bonds. The summed E-state index contributed by atoms with van der Waals surface area (Å²) in [5.74, 6) is 0. The second-order valence-electron chi connectivity index (χ2n) is 1.72. The fourth-order valence-electron chi connectivity index (χ4n) is 0.423. The van der Waals surface area contributed by atoms with Crippen LogP contribution in [0.25, 0.3) is 0 Å². The normalized spacial score (nSPS) is 13.2. The van der Waals surface area contributed by atoms with Gasteiger partial charge in [-0.05, 0) is 6.42 Å². The van der Waals surface area contributed by atoms with Crippen LogP contribution in [0.15, 0.2) is 0 Å². The number of hydrogen-bond acceptors (Lipinski definition) is 2. The molecule has 1 unspecified atom stereocenters.